The highest BCUT2D eigenvalue weighted by Crippen LogP contribution is 2.03. The van der Waals surface area contributed by atoms with Crippen LogP contribution in [0.15, 0.2) is 12.7 Å². The number of terminal acetylenes is 1. The molecule has 0 saturated carbocycles. The standard InChI is InChI=1S/C12H17NO3/c1-3-5-6-7-8-11(14)13(9-4-2)10-12(15)16/h1,4H,2,5-10H2,(H,15,16). The molecule has 4 nitrogen and oxygen atoms in total. The maximum absolute atomic E-state index is 11.6. The molecule has 16 heavy (non-hydrogen) atoms. The van der Waals surface area contributed by atoms with Crippen LogP contribution >= 0.6 is 0 Å². The maximum Gasteiger partial charge on any atom is 0.323 e. The lowest BCUT2D eigenvalue weighted by Gasteiger charge is -2.18. The molecule has 88 valence electrons. The molecule has 0 spiro atoms. The molecule has 0 aliphatic carbocycles. The number of amides is 1. The molecule has 0 bridgehead atoms. The van der Waals surface area contributed by atoms with E-state index in [9.17, 15) is 9.59 Å². The Hall–Kier alpha value is -1.76. The van der Waals surface area contributed by atoms with Gasteiger partial charge >= 0.3 is 5.97 Å². The van der Waals surface area contributed by atoms with Crippen molar-refractivity contribution in [3.05, 3.63) is 12.7 Å². The highest BCUT2D eigenvalue weighted by molar-refractivity contribution is 5.81. The quantitative estimate of drug-likeness (QED) is 0.383. The van der Waals surface area contributed by atoms with E-state index in [1.807, 2.05) is 0 Å². The van der Waals surface area contributed by atoms with Crippen LogP contribution in [0.4, 0.5) is 0 Å². The van der Waals surface area contributed by atoms with Crippen molar-refractivity contribution in [1.29, 1.82) is 0 Å². The van der Waals surface area contributed by atoms with Crippen molar-refractivity contribution in [1.82, 2.24) is 4.90 Å². The maximum atomic E-state index is 11.6. The number of carboxylic acid groups (broad SMARTS) is 1. The Balaban J connectivity index is 4.01. The number of hydrogen-bond acceptors (Lipinski definition) is 2. The molecule has 0 rings (SSSR count). The van der Waals surface area contributed by atoms with E-state index in [2.05, 4.69) is 12.5 Å². The number of carbonyl (C=O) groups excluding carboxylic acids is 1. The summed E-state index contributed by atoms with van der Waals surface area (Å²) >= 11 is 0. The molecule has 0 aliphatic rings. The van der Waals surface area contributed by atoms with Gasteiger partial charge in [-0.3, -0.25) is 9.59 Å². The fourth-order valence-corrected chi connectivity index (χ4v) is 1.24. The molecule has 0 radical (unpaired) electrons. The van der Waals surface area contributed by atoms with Crippen LogP contribution in [0.2, 0.25) is 0 Å². The van der Waals surface area contributed by atoms with Gasteiger partial charge in [0.2, 0.25) is 5.91 Å². The normalized spacial score (nSPS) is 9.19. The van der Waals surface area contributed by atoms with Crippen molar-refractivity contribution in [2.45, 2.75) is 25.7 Å². The van der Waals surface area contributed by atoms with Crippen molar-refractivity contribution < 1.29 is 14.7 Å². The number of hydrogen-bond donors (Lipinski definition) is 1. The monoisotopic (exact) mass is 223 g/mol. The number of carbonyl (C=O) groups is 2. The molecular formula is C12H17NO3. The van der Waals surface area contributed by atoms with Crippen LogP contribution in [0.5, 0.6) is 0 Å². The van der Waals surface area contributed by atoms with Gasteiger partial charge in [0.25, 0.3) is 0 Å². The Labute approximate surface area is 95.9 Å². The minimum absolute atomic E-state index is 0.167. The smallest absolute Gasteiger partial charge is 0.323 e. The Kier molecular flexibility index (Phi) is 7.60. The van der Waals surface area contributed by atoms with Gasteiger partial charge in [-0.25, -0.2) is 0 Å². The van der Waals surface area contributed by atoms with Crippen LogP contribution in [0.3, 0.4) is 0 Å². The molecule has 0 heterocycles. The van der Waals surface area contributed by atoms with E-state index in [0.717, 1.165) is 6.42 Å². The second-order valence-electron chi connectivity index (χ2n) is 3.37. The Morgan fingerprint density at radius 1 is 1.44 bits per heavy atom. The molecule has 0 atom stereocenters. The number of nitrogens with zero attached hydrogens (tertiary/aromatic N) is 1. The van der Waals surface area contributed by atoms with Gasteiger partial charge in [-0.15, -0.1) is 18.9 Å². The average molecular weight is 223 g/mol. The van der Waals surface area contributed by atoms with Crippen LogP contribution in [-0.2, 0) is 9.59 Å². The molecule has 0 aromatic carbocycles. The zero-order chi connectivity index (χ0) is 12.4. The van der Waals surface area contributed by atoms with Crippen molar-refractivity contribution in [2.75, 3.05) is 13.1 Å². The SMILES string of the molecule is C#CCCCCC(=O)N(CC=C)CC(=O)O. The summed E-state index contributed by atoms with van der Waals surface area (Å²) in [6, 6.07) is 0. The van der Waals surface area contributed by atoms with Gasteiger partial charge in [0.15, 0.2) is 0 Å². The first kappa shape index (κ1) is 14.2. The van der Waals surface area contributed by atoms with Crippen molar-refractivity contribution in [3.63, 3.8) is 0 Å². The fraction of sp³-hybridized carbons (Fsp3) is 0.500. The first-order chi connectivity index (χ1) is 7.61. The largest absolute Gasteiger partial charge is 0.480 e. The summed E-state index contributed by atoms with van der Waals surface area (Å²) in [7, 11) is 0. The number of aliphatic carboxylic acids is 1. The van der Waals surface area contributed by atoms with Crippen molar-refractivity contribution in [2.24, 2.45) is 0 Å². The molecule has 0 fully saturated rings. The van der Waals surface area contributed by atoms with Crippen molar-refractivity contribution in [3.8, 4) is 12.3 Å². The lowest BCUT2D eigenvalue weighted by molar-refractivity contribution is -0.144. The minimum Gasteiger partial charge on any atom is -0.480 e. The predicted molar refractivity (Wildman–Crippen MR) is 61.7 cm³/mol. The van der Waals surface area contributed by atoms with E-state index < -0.39 is 5.97 Å². The highest BCUT2D eigenvalue weighted by Gasteiger charge is 2.14. The van der Waals surface area contributed by atoms with E-state index in [1.54, 1.807) is 0 Å². The van der Waals surface area contributed by atoms with E-state index in [1.165, 1.54) is 11.0 Å². The second-order valence-corrected chi connectivity index (χ2v) is 3.37. The van der Waals surface area contributed by atoms with Gasteiger partial charge in [0.05, 0.1) is 0 Å². The van der Waals surface area contributed by atoms with Gasteiger partial charge in [0.1, 0.15) is 6.54 Å². The number of carboxylic acids is 1. The van der Waals surface area contributed by atoms with E-state index in [0.29, 0.717) is 19.3 Å². The third-order valence-electron chi connectivity index (χ3n) is 1.99. The Morgan fingerprint density at radius 3 is 2.62 bits per heavy atom. The molecule has 0 saturated heterocycles. The lowest BCUT2D eigenvalue weighted by Crippen LogP contribution is -2.35. The third-order valence-corrected chi connectivity index (χ3v) is 1.99. The lowest BCUT2D eigenvalue weighted by atomic mass is 10.2. The summed E-state index contributed by atoms with van der Waals surface area (Å²) in [5, 5.41) is 8.61. The highest BCUT2D eigenvalue weighted by atomic mass is 16.4. The Bertz CT molecular complexity index is 291. The first-order valence-corrected chi connectivity index (χ1v) is 5.15. The molecule has 0 aromatic heterocycles. The number of unbranched alkanes of at least 4 members (excludes halogenated alkanes) is 2. The van der Waals surface area contributed by atoms with Crippen LogP contribution in [0, 0.1) is 12.3 Å². The van der Waals surface area contributed by atoms with E-state index >= 15 is 0 Å². The molecule has 0 unspecified atom stereocenters. The summed E-state index contributed by atoms with van der Waals surface area (Å²) in [5.74, 6) is 1.31. The van der Waals surface area contributed by atoms with Crippen LogP contribution in [-0.4, -0.2) is 35.0 Å². The van der Waals surface area contributed by atoms with Gasteiger partial charge in [0, 0.05) is 19.4 Å². The van der Waals surface area contributed by atoms with Crippen LogP contribution in [0.25, 0.3) is 0 Å². The second kappa shape index (κ2) is 8.54. The number of rotatable bonds is 8. The topological polar surface area (TPSA) is 57.6 Å². The molecular weight excluding hydrogens is 206 g/mol. The molecule has 1 amide bonds. The average Bonchev–Trinajstić information content (AvgIpc) is 2.23. The summed E-state index contributed by atoms with van der Waals surface area (Å²) in [6.45, 7) is 3.47. The zero-order valence-electron chi connectivity index (χ0n) is 9.32. The van der Waals surface area contributed by atoms with Crippen molar-refractivity contribution >= 4 is 11.9 Å². The summed E-state index contributed by atoms with van der Waals surface area (Å²) < 4.78 is 0. The van der Waals surface area contributed by atoms with Crippen LogP contribution < -0.4 is 0 Å². The minimum atomic E-state index is -1.01. The van der Waals surface area contributed by atoms with Gasteiger partial charge in [-0.2, -0.15) is 0 Å². The first-order valence-electron chi connectivity index (χ1n) is 5.15. The predicted octanol–water partition coefficient (Wildman–Crippen LogP) is 1.28. The van der Waals surface area contributed by atoms with Gasteiger partial charge in [-0.1, -0.05) is 6.08 Å². The summed E-state index contributed by atoms with van der Waals surface area (Å²) in [5.41, 5.74) is 0. The Morgan fingerprint density at radius 2 is 2.12 bits per heavy atom. The zero-order valence-corrected chi connectivity index (χ0v) is 9.32. The summed E-state index contributed by atoms with van der Waals surface area (Å²) in [6.07, 6.45) is 9.06. The summed E-state index contributed by atoms with van der Waals surface area (Å²) in [4.78, 5) is 23.4. The van der Waals surface area contributed by atoms with Gasteiger partial charge < -0.3 is 10.0 Å². The molecule has 0 aromatic rings. The molecule has 1 N–H and O–H groups in total. The van der Waals surface area contributed by atoms with E-state index in [4.69, 9.17) is 11.5 Å². The molecule has 0 aliphatic heterocycles. The van der Waals surface area contributed by atoms with E-state index in [-0.39, 0.29) is 19.0 Å². The molecule has 4 heteroatoms. The van der Waals surface area contributed by atoms with Crippen LogP contribution in [0.1, 0.15) is 25.7 Å². The third kappa shape index (κ3) is 6.66. The van der Waals surface area contributed by atoms with Gasteiger partial charge in [-0.05, 0) is 12.8 Å². The fourth-order valence-electron chi connectivity index (χ4n) is 1.24.